The van der Waals surface area contributed by atoms with Gasteiger partial charge in [-0.3, -0.25) is 10.1 Å². The van der Waals surface area contributed by atoms with Crippen molar-refractivity contribution in [3.05, 3.63) is 58.4 Å². The smallest absolute Gasteiger partial charge is 0.353 e. The van der Waals surface area contributed by atoms with Crippen molar-refractivity contribution in [1.82, 2.24) is 15.0 Å². The molecule has 0 bridgehead atoms. The van der Waals surface area contributed by atoms with Gasteiger partial charge in [0.15, 0.2) is 5.13 Å². The van der Waals surface area contributed by atoms with Crippen LogP contribution in [0, 0.1) is 10.1 Å². The molecule has 0 spiro atoms. The topological polar surface area (TPSA) is 100 Å². The third kappa shape index (κ3) is 3.65. The van der Waals surface area contributed by atoms with Crippen LogP contribution >= 0.6 is 11.3 Å². The summed E-state index contributed by atoms with van der Waals surface area (Å²) in [4.78, 5) is 27.9. The van der Waals surface area contributed by atoms with Crippen LogP contribution in [0.3, 0.4) is 0 Å². The second-order valence-corrected chi connectivity index (χ2v) is 6.82. The fourth-order valence-electron chi connectivity index (χ4n) is 3.06. The van der Waals surface area contributed by atoms with Gasteiger partial charge in [0.2, 0.25) is 11.6 Å². The summed E-state index contributed by atoms with van der Waals surface area (Å²) in [7, 11) is 0. The van der Waals surface area contributed by atoms with Crippen LogP contribution in [-0.4, -0.2) is 46.1 Å². The third-order valence-electron chi connectivity index (χ3n) is 4.34. The zero-order chi connectivity index (χ0) is 18.6. The minimum absolute atomic E-state index is 0.124. The standard InChI is InChI=1S/C17H17N7O2S/c25-24(26)14-15(21-17-18-6-11-27-17)19-12-20-16(14)23-9-7-22(8-10-23)13-4-2-1-3-5-13/h1-6,11-12H,7-10H2,(H,18,19,20,21). The van der Waals surface area contributed by atoms with Gasteiger partial charge in [0.25, 0.3) is 0 Å². The van der Waals surface area contributed by atoms with Crippen molar-refractivity contribution in [2.24, 2.45) is 0 Å². The summed E-state index contributed by atoms with van der Waals surface area (Å²) in [5, 5.41) is 17.0. The maximum Gasteiger partial charge on any atom is 0.353 e. The lowest BCUT2D eigenvalue weighted by Crippen LogP contribution is -2.47. The van der Waals surface area contributed by atoms with E-state index in [-0.39, 0.29) is 11.5 Å². The zero-order valence-corrected chi connectivity index (χ0v) is 15.2. The van der Waals surface area contributed by atoms with E-state index < -0.39 is 4.92 Å². The number of nitrogens with zero attached hydrogens (tertiary/aromatic N) is 6. The lowest BCUT2D eigenvalue weighted by atomic mass is 10.2. The van der Waals surface area contributed by atoms with E-state index in [4.69, 9.17) is 0 Å². The number of rotatable bonds is 5. The average Bonchev–Trinajstić information content (AvgIpc) is 3.21. The molecule has 0 atom stereocenters. The maximum absolute atomic E-state index is 11.7. The number of hydrogen-bond acceptors (Lipinski definition) is 9. The number of benzene rings is 1. The monoisotopic (exact) mass is 383 g/mol. The van der Waals surface area contributed by atoms with Gasteiger partial charge in [-0.25, -0.2) is 15.0 Å². The van der Waals surface area contributed by atoms with Crippen molar-refractivity contribution in [2.75, 3.05) is 41.3 Å². The molecule has 0 saturated carbocycles. The Balaban J connectivity index is 1.56. The molecule has 3 aromatic rings. The summed E-state index contributed by atoms with van der Waals surface area (Å²) in [6.45, 7) is 2.81. The van der Waals surface area contributed by atoms with Crippen LogP contribution in [0.15, 0.2) is 48.2 Å². The van der Waals surface area contributed by atoms with Crippen molar-refractivity contribution in [3.8, 4) is 0 Å². The molecule has 1 aromatic carbocycles. The quantitative estimate of drug-likeness (QED) is 0.530. The maximum atomic E-state index is 11.7. The van der Waals surface area contributed by atoms with Crippen molar-refractivity contribution in [2.45, 2.75) is 0 Å². The molecule has 0 amide bonds. The van der Waals surface area contributed by atoms with E-state index in [0.717, 1.165) is 18.8 Å². The number of thiazole rings is 1. The highest BCUT2D eigenvalue weighted by Gasteiger charge is 2.29. The highest BCUT2D eigenvalue weighted by Crippen LogP contribution is 2.34. The molecule has 2 aromatic heterocycles. The van der Waals surface area contributed by atoms with Gasteiger partial charge in [0.05, 0.1) is 4.92 Å². The molecule has 4 rings (SSSR count). The largest absolute Gasteiger partial charge is 0.368 e. The fraction of sp³-hybridized carbons (Fsp3) is 0.235. The van der Waals surface area contributed by atoms with Crippen LogP contribution in [0.2, 0.25) is 0 Å². The van der Waals surface area contributed by atoms with Gasteiger partial charge in [0.1, 0.15) is 6.33 Å². The molecule has 0 radical (unpaired) electrons. The van der Waals surface area contributed by atoms with E-state index in [1.165, 1.54) is 17.7 Å². The molecule has 0 unspecified atom stereocenters. The second kappa shape index (κ2) is 7.54. The molecule has 0 aliphatic carbocycles. The van der Waals surface area contributed by atoms with Gasteiger partial charge in [0, 0.05) is 43.4 Å². The van der Waals surface area contributed by atoms with E-state index in [9.17, 15) is 10.1 Å². The summed E-state index contributed by atoms with van der Waals surface area (Å²) in [6.07, 6.45) is 2.98. The summed E-state index contributed by atoms with van der Waals surface area (Å²) in [6, 6.07) is 10.1. The normalized spacial score (nSPS) is 14.2. The van der Waals surface area contributed by atoms with Crippen molar-refractivity contribution >= 4 is 39.5 Å². The Hall–Kier alpha value is -3.27. The molecule has 3 heterocycles. The molecular weight excluding hydrogens is 366 g/mol. The van der Waals surface area contributed by atoms with Gasteiger partial charge in [-0.15, -0.1) is 11.3 Å². The van der Waals surface area contributed by atoms with Crippen molar-refractivity contribution in [1.29, 1.82) is 0 Å². The van der Waals surface area contributed by atoms with Crippen LogP contribution in [-0.2, 0) is 0 Å². The molecule has 1 fully saturated rings. The first-order valence-electron chi connectivity index (χ1n) is 8.43. The summed E-state index contributed by atoms with van der Waals surface area (Å²) >= 11 is 1.35. The lowest BCUT2D eigenvalue weighted by Gasteiger charge is -2.36. The zero-order valence-electron chi connectivity index (χ0n) is 14.4. The highest BCUT2D eigenvalue weighted by molar-refractivity contribution is 7.13. The Morgan fingerprint density at radius 3 is 2.44 bits per heavy atom. The molecule has 1 aliphatic rings. The molecule has 1 saturated heterocycles. The number of nitro groups is 1. The van der Waals surface area contributed by atoms with Crippen LogP contribution in [0.25, 0.3) is 0 Å². The Morgan fingerprint density at radius 1 is 1.04 bits per heavy atom. The Kier molecular flexibility index (Phi) is 4.79. The third-order valence-corrected chi connectivity index (χ3v) is 5.03. The Labute approximate surface area is 159 Å². The summed E-state index contributed by atoms with van der Waals surface area (Å²) in [5.74, 6) is 0.493. The van der Waals surface area contributed by atoms with Crippen LogP contribution in [0.1, 0.15) is 0 Å². The Morgan fingerprint density at radius 2 is 1.78 bits per heavy atom. The molecular formula is C17H17N7O2S. The predicted octanol–water partition coefficient (Wildman–Crippen LogP) is 2.91. The number of anilines is 4. The molecule has 138 valence electrons. The van der Waals surface area contributed by atoms with E-state index >= 15 is 0 Å². The van der Waals surface area contributed by atoms with Gasteiger partial charge in [-0.1, -0.05) is 18.2 Å². The van der Waals surface area contributed by atoms with E-state index in [0.29, 0.717) is 24.0 Å². The second-order valence-electron chi connectivity index (χ2n) is 5.92. The van der Waals surface area contributed by atoms with Crippen LogP contribution < -0.4 is 15.1 Å². The molecule has 1 N–H and O–H groups in total. The number of piperazine rings is 1. The summed E-state index contributed by atoms with van der Waals surface area (Å²) < 4.78 is 0. The van der Waals surface area contributed by atoms with Gasteiger partial charge in [-0.2, -0.15) is 0 Å². The average molecular weight is 383 g/mol. The Bertz CT molecular complexity index is 912. The van der Waals surface area contributed by atoms with Crippen LogP contribution in [0.4, 0.5) is 28.1 Å². The van der Waals surface area contributed by atoms with E-state index in [2.05, 4.69) is 37.3 Å². The first-order valence-corrected chi connectivity index (χ1v) is 9.31. The molecule has 10 heteroatoms. The first kappa shape index (κ1) is 17.2. The first-order chi connectivity index (χ1) is 13.2. The molecule has 1 aliphatic heterocycles. The molecule has 9 nitrogen and oxygen atoms in total. The van der Waals surface area contributed by atoms with Crippen molar-refractivity contribution in [3.63, 3.8) is 0 Å². The predicted molar refractivity (Wildman–Crippen MR) is 105 cm³/mol. The lowest BCUT2D eigenvalue weighted by molar-refractivity contribution is -0.383. The number of hydrogen-bond donors (Lipinski definition) is 1. The fourth-order valence-corrected chi connectivity index (χ4v) is 3.59. The van der Waals surface area contributed by atoms with E-state index in [1.54, 1.807) is 11.6 Å². The van der Waals surface area contributed by atoms with Gasteiger partial charge < -0.3 is 15.1 Å². The van der Waals surface area contributed by atoms with Gasteiger partial charge in [-0.05, 0) is 12.1 Å². The SMILES string of the molecule is O=[N+]([O-])c1c(Nc2nccs2)ncnc1N1CCN(c2ccccc2)CC1. The number of aromatic nitrogens is 3. The minimum atomic E-state index is -0.436. The molecule has 27 heavy (non-hydrogen) atoms. The summed E-state index contributed by atoms with van der Waals surface area (Å²) in [5.41, 5.74) is 1.03. The number of para-hydroxylation sites is 1. The highest BCUT2D eigenvalue weighted by atomic mass is 32.1. The van der Waals surface area contributed by atoms with Gasteiger partial charge >= 0.3 is 5.69 Å². The number of nitrogens with one attached hydrogen (secondary N) is 1. The minimum Gasteiger partial charge on any atom is -0.368 e. The van der Waals surface area contributed by atoms with E-state index in [1.807, 2.05) is 23.1 Å². The van der Waals surface area contributed by atoms with Crippen molar-refractivity contribution < 1.29 is 4.92 Å². The van der Waals surface area contributed by atoms with Crippen LogP contribution in [0.5, 0.6) is 0 Å².